The molecule has 4 rings (SSSR count). The van der Waals surface area contributed by atoms with Crippen molar-refractivity contribution < 1.29 is 9.53 Å². The molecule has 1 N–H and O–H groups in total. The number of nitriles is 2. The van der Waals surface area contributed by atoms with E-state index in [9.17, 15) is 15.3 Å². The fourth-order valence-corrected chi connectivity index (χ4v) is 3.78. The van der Waals surface area contributed by atoms with Gasteiger partial charge in [-0.2, -0.15) is 20.7 Å². The highest BCUT2D eigenvalue weighted by molar-refractivity contribution is 6.04. The van der Waals surface area contributed by atoms with E-state index in [0.717, 1.165) is 16.7 Å². The van der Waals surface area contributed by atoms with Crippen LogP contribution < -0.4 is 10.2 Å². The van der Waals surface area contributed by atoms with E-state index in [0.29, 0.717) is 54.6 Å². The van der Waals surface area contributed by atoms with Gasteiger partial charge in [-0.3, -0.25) is 4.79 Å². The number of nitrogens with one attached hydrogen (secondary N) is 1. The summed E-state index contributed by atoms with van der Waals surface area (Å²) in [6.07, 6.45) is 3.12. The minimum absolute atomic E-state index is 0.309. The molecule has 0 aliphatic carbocycles. The predicted octanol–water partition coefficient (Wildman–Crippen LogP) is 3.61. The molecule has 176 valence electrons. The van der Waals surface area contributed by atoms with Gasteiger partial charge < -0.3 is 15.0 Å². The molecule has 3 heterocycles. The fourth-order valence-electron chi connectivity index (χ4n) is 3.78. The Morgan fingerprint density at radius 1 is 1.14 bits per heavy atom. The summed E-state index contributed by atoms with van der Waals surface area (Å²) < 4.78 is 5.40. The number of carbonyl (C=O) groups excluding carboxylic acids is 1. The molecule has 0 atom stereocenters. The molecule has 1 amide bonds. The molecule has 1 aliphatic heterocycles. The van der Waals surface area contributed by atoms with Crippen LogP contribution in [0.3, 0.4) is 0 Å². The third-order valence-electron chi connectivity index (χ3n) is 5.94. The van der Waals surface area contributed by atoms with Crippen molar-refractivity contribution in [2.24, 2.45) is 0 Å². The van der Waals surface area contributed by atoms with Crippen molar-refractivity contribution in [3.8, 4) is 23.3 Å². The Morgan fingerprint density at radius 2 is 1.91 bits per heavy atom. The Morgan fingerprint density at radius 3 is 2.63 bits per heavy atom. The molecule has 35 heavy (non-hydrogen) atoms. The summed E-state index contributed by atoms with van der Waals surface area (Å²) in [5.74, 6) is 0.297. The zero-order chi connectivity index (χ0) is 25.0. The fraction of sp³-hybridized carbons (Fsp3) is 0.308. The van der Waals surface area contributed by atoms with E-state index in [1.54, 1.807) is 26.1 Å². The van der Waals surface area contributed by atoms with Crippen LogP contribution in [0.1, 0.15) is 41.0 Å². The van der Waals surface area contributed by atoms with Gasteiger partial charge in [-0.1, -0.05) is 6.07 Å². The van der Waals surface area contributed by atoms with E-state index in [1.165, 1.54) is 6.20 Å². The van der Waals surface area contributed by atoms with E-state index >= 15 is 0 Å². The summed E-state index contributed by atoms with van der Waals surface area (Å²) in [6.45, 7) is 8.01. The van der Waals surface area contributed by atoms with Gasteiger partial charge in [-0.25, -0.2) is 4.98 Å². The van der Waals surface area contributed by atoms with Gasteiger partial charge in [0.15, 0.2) is 0 Å². The summed E-state index contributed by atoms with van der Waals surface area (Å²) >= 11 is 0. The van der Waals surface area contributed by atoms with Gasteiger partial charge in [0.1, 0.15) is 11.9 Å². The number of benzene rings is 1. The van der Waals surface area contributed by atoms with Crippen molar-refractivity contribution in [1.82, 2.24) is 15.2 Å². The SMILES string of the molecule is Cc1ccc(NC(=O)c2cnnc(C(C)(C)C#N)c2)cc1-c1cnc(N2CCOCC2)c(C#N)c1. The normalized spacial score (nSPS) is 13.6. The summed E-state index contributed by atoms with van der Waals surface area (Å²) in [4.78, 5) is 19.5. The van der Waals surface area contributed by atoms with Crippen LogP contribution >= 0.6 is 0 Å². The van der Waals surface area contributed by atoms with E-state index in [1.807, 2.05) is 31.2 Å². The molecule has 3 aromatic rings. The maximum Gasteiger partial charge on any atom is 0.257 e. The second kappa shape index (κ2) is 9.88. The van der Waals surface area contributed by atoms with Gasteiger partial charge >= 0.3 is 0 Å². The molecule has 0 saturated carbocycles. The van der Waals surface area contributed by atoms with Crippen LogP contribution in [-0.4, -0.2) is 47.4 Å². The highest BCUT2D eigenvalue weighted by atomic mass is 16.5. The maximum absolute atomic E-state index is 12.9. The summed E-state index contributed by atoms with van der Waals surface area (Å²) in [5.41, 5.74) is 3.58. The van der Waals surface area contributed by atoms with E-state index in [2.05, 4.69) is 37.5 Å². The van der Waals surface area contributed by atoms with E-state index in [4.69, 9.17) is 4.74 Å². The molecule has 1 fully saturated rings. The van der Waals surface area contributed by atoms with Crippen LogP contribution in [0.2, 0.25) is 0 Å². The number of rotatable bonds is 5. The zero-order valence-electron chi connectivity index (χ0n) is 19.9. The molecule has 1 aliphatic rings. The summed E-state index contributed by atoms with van der Waals surface area (Å²) in [7, 11) is 0. The van der Waals surface area contributed by atoms with Crippen LogP contribution in [0, 0.1) is 29.6 Å². The van der Waals surface area contributed by atoms with Crippen LogP contribution in [-0.2, 0) is 10.2 Å². The monoisotopic (exact) mass is 467 g/mol. The molecule has 0 bridgehead atoms. The van der Waals surface area contributed by atoms with Crippen molar-refractivity contribution in [1.29, 1.82) is 10.5 Å². The van der Waals surface area contributed by atoms with Crippen LogP contribution in [0.4, 0.5) is 11.5 Å². The number of pyridine rings is 1. The van der Waals surface area contributed by atoms with Crippen molar-refractivity contribution in [3.05, 3.63) is 65.1 Å². The number of amides is 1. The molecule has 9 heteroatoms. The van der Waals surface area contributed by atoms with Gasteiger partial charge in [0.25, 0.3) is 5.91 Å². The maximum atomic E-state index is 12.9. The first-order chi connectivity index (χ1) is 16.8. The van der Waals surface area contributed by atoms with Crippen molar-refractivity contribution in [2.45, 2.75) is 26.2 Å². The van der Waals surface area contributed by atoms with Crippen molar-refractivity contribution in [2.75, 3.05) is 36.5 Å². The van der Waals surface area contributed by atoms with Crippen molar-refractivity contribution in [3.63, 3.8) is 0 Å². The quantitative estimate of drug-likeness (QED) is 0.603. The Balaban J connectivity index is 1.60. The molecule has 1 saturated heterocycles. The van der Waals surface area contributed by atoms with Crippen LogP contribution in [0.25, 0.3) is 11.1 Å². The molecule has 0 radical (unpaired) electrons. The Bertz CT molecular complexity index is 1350. The first-order valence-corrected chi connectivity index (χ1v) is 11.2. The van der Waals surface area contributed by atoms with Crippen LogP contribution in [0.15, 0.2) is 42.7 Å². The lowest BCUT2D eigenvalue weighted by atomic mass is 9.90. The number of nitrogens with zero attached hydrogens (tertiary/aromatic N) is 6. The molecular formula is C26H25N7O2. The molecule has 2 aromatic heterocycles. The molecule has 0 unspecified atom stereocenters. The third-order valence-corrected chi connectivity index (χ3v) is 5.94. The van der Waals surface area contributed by atoms with Gasteiger partial charge in [-0.05, 0) is 56.2 Å². The van der Waals surface area contributed by atoms with Gasteiger partial charge in [0, 0.05) is 30.5 Å². The lowest BCUT2D eigenvalue weighted by molar-refractivity contribution is 0.102. The van der Waals surface area contributed by atoms with Gasteiger partial charge in [0.2, 0.25) is 0 Å². The standard InChI is InChI=1S/C26H25N7O2/c1-17-4-5-21(31-25(34)20-11-23(32-30-15-20)26(2,3)16-28)12-22(17)19-10-18(13-27)24(29-14-19)33-6-8-35-9-7-33/h4-5,10-12,14-15H,6-9H2,1-3H3,(H,31,34). The second-order valence-corrected chi connectivity index (χ2v) is 8.86. The highest BCUT2D eigenvalue weighted by Gasteiger charge is 2.24. The first-order valence-electron chi connectivity index (χ1n) is 11.2. The average molecular weight is 468 g/mol. The van der Waals surface area contributed by atoms with E-state index in [-0.39, 0.29) is 5.91 Å². The molecule has 0 spiro atoms. The Hall–Kier alpha value is -4.34. The summed E-state index contributed by atoms with van der Waals surface area (Å²) in [6, 6.07) is 13.4. The molecule has 9 nitrogen and oxygen atoms in total. The topological polar surface area (TPSA) is 128 Å². The number of aromatic nitrogens is 3. The van der Waals surface area contributed by atoms with E-state index < -0.39 is 5.41 Å². The molecular weight excluding hydrogens is 442 g/mol. The Labute approximate surface area is 204 Å². The third kappa shape index (κ3) is 5.11. The lowest BCUT2D eigenvalue weighted by Crippen LogP contribution is -2.37. The lowest BCUT2D eigenvalue weighted by Gasteiger charge is -2.28. The largest absolute Gasteiger partial charge is 0.378 e. The zero-order valence-corrected chi connectivity index (χ0v) is 19.9. The minimum atomic E-state index is -0.862. The minimum Gasteiger partial charge on any atom is -0.378 e. The van der Waals surface area contributed by atoms with Gasteiger partial charge in [-0.15, -0.1) is 0 Å². The number of morpholine rings is 1. The van der Waals surface area contributed by atoms with Crippen molar-refractivity contribution >= 4 is 17.4 Å². The number of aryl methyl sites for hydroxylation is 1. The number of hydrogen-bond acceptors (Lipinski definition) is 8. The van der Waals surface area contributed by atoms with Crippen LogP contribution in [0.5, 0.6) is 0 Å². The first kappa shape index (κ1) is 23.8. The smallest absolute Gasteiger partial charge is 0.257 e. The number of carbonyl (C=O) groups is 1. The molecule has 1 aromatic carbocycles. The van der Waals surface area contributed by atoms with Gasteiger partial charge in [0.05, 0.1) is 47.7 Å². The average Bonchev–Trinajstić information content (AvgIpc) is 2.90. The summed E-state index contributed by atoms with van der Waals surface area (Å²) in [5, 5.41) is 29.9. The highest BCUT2D eigenvalue weighted by Crippen LogP contribution is 2.30. The number of anilines is 2. The second-order valence-electron chi connectivity index (χ2n) is 8.86. The number of ether oxygens (including phenoxy) is 1. The Kier molecular flexibility index (Phi) is 6.72. The predicted molar refractivity (Wildman–Crippen MR) is 131 cm³/mol. The number of hydrogen-bond donors (Lipinski definition) is 1.